The average molecular weight is 216 g/mol. The lowest BCUT2D eigenvalue weighted by atomic mass is 10.3. The summed E-state index contributed by atoms with van der Waals surface area (Å²) in [6.07, 6.45) is 2.74. The van der Waals surface area contributed by atoms with Crippen LogP contribution in [-0.4, -0.2) is 24.9 Å². The van der Waals surface area contributed by atoms with E-state index in [-0.39, 0.29) is 0 Å². The number of anilines is 1. The highest BCUT2D eigenvalue weighted by atomic mass is 16.3. The molecule has 0 radical (unpaired) electrons. The van der Waals surface area contributed by atoms with E-state index in [0.717, 1.165) is 5.69 Å². The van der Waals surface area contributed by atoms with Crippen molar-refractivity contribution in [2.24, 2.45) is 0 Å². The fourth-order valence-electron chi connectivity index (χ4n) is 1.48. The summed E-state index contributed by atoms with van der Waals surface area (Å²) in [5.41, 5.74) is 7.56. The number of nitrogen functional groups attached to an aromatic ring is 1. The van der Waals surface area contributed by atoms with Crippen molar-refractivity contribution < 1.29 is 4.42 Å². The van der Waals surface area contributed by atoms with Crippen molar-refractivity contribution >= 4 is 17.0 Å². The fraction of sp³-hybridized carbons (Fsp3) is 0.111. The number of aryl methyl sites for hydroxylation is 1. The number of nitrogens with one attached hydrogen (secondary N) is 1. The zero-order chi connectivity index (χ0) is 11.1. The topological polar surface area (TPSA) is 107 Å². The first-order valence-electron chi connectivity index (χ1n) is 4.62. The van der Waals surface area contributed by atoms with E-state index in [9.17, 15) is 0 Å². The summed E-state index contributed by atoms with van der Waals surface area (Å²) < 4.78 is 5.23. The van der Waals surface area contributed by atoms with Crippen LogP contribution in [0.15, 0.2) is 17.1 Å². The minimum atomic E-state index is 0.362. The van der Waals surface area contributed by atoms with Gasteiger partial charge in [0.15, 0.2) is 29.4 Å². The summed E-state index contributed by atoms with van der Waals surface area (Å²) in [5, 5.41) is 0. The van der Waals surface area contributed by atoms with Gasteiger partial charge in [-0.25, -0.2) is 19.9 Å². The van der Waals surface area contributed by atoms with Crippen LogP contribution in [0.25, 0.3) is 22.7 Å². The predicted molar refractivity (Wildman–Crippen MR) is 56.3 cm³/mol. The van der Waals surface area contributed by atoms with E-state index in [2.05, 4.69) is 24.9 Å². The molecule has 0 fully saturated rings. The zero-order valence-electron chi connectivity index (χ0n) is 8.43. The first kappa shape index (κ1) is 8.84. The van der Waals surface area contributed by atoms with Crippen molar-refractivity contribution in [3.05, 3.63) is 18.4 Å². The van der Waals surface area contributed by atoms with E-state index in [4.69, 9.17) is 10.2 Å². The molecule has 0 aliphatic heterocycles. The number of hydrogen-bond acceptors (Lipinski definition) is 6. The molecule has 3 heterocycles. The van der Waals surface area contributed by atoms with Gasteiger partial charge in [0.1, 0.15) is 11.8 Å². The minimum Gasteiger partial charge on any atom is -0.440 e. The number of aromatic amines is 1. The number of imidazole rings is 1. The van der Waals surface area contributed by atoms with E-state index in [0.29, 0.717) is 28.6 Å². The van der Waals surface area contributed by atoms with Crippen molar-refractivity contribution in [3.63, 3.8) is 0 Å². The number of fused-ring (bicyclic) bond motifs is 1. The Hall–Kier alpha value is -2.44. The summed E-state index contributed by atoms with van der Waals surface area (Å²) in [6.45, 7) is 1.83. The first-order valence-corrected chi connectivity index (χ1v) is 4.62. The van der Waals surface area contributed by atoms with Gasteiger partial charge in [-0.2, -0.15) is 0 Å². The van der Waals surface area contributed by atoms with Crippen LogP contribution in [0.5, 0.6) is 0 Å². The normalized spacial score (nSPS) is 11.1. The smallest absolute Gasteiger partial charge is 0.192 e. The van der Waals surface area contributed by atoms with Crippen LogP contribution in [0.2, 0.25) is 0 Å². The average Bonchev–Trinajstić information content (AvgIpc) is 2.84. The Morgan fingerprint density at radius 3 is 2.88 bits per heavy atom. The second-order valence-electron chi connectivity index (χ2n) is 3.31. The van der Waals surface area contributed by atoms with Gasteiger partial charge in [-0.05, 0) is 6.92 Å². The second-order valence-corrected chi connectivity index (χ2v) is 3.31. The molecule has 0 aliphatic carbocycles. The summed E-state index contributed by atoms with van der Waals surface area (Å²) in [6, 6.07) is 0. The molecule has 3 aromatic rings. The molecule has 0 aromatic carbocycles. The van der Waals surface area contributed by atoms with Crippen LogP contribution in [-0.2, 0) is 0 Å². The van der Waals surface area contributed by atoms with Crippen molar-refractivity contribution in [2.75, 3.05) is 5.73 Å². The minimum absolute atomic E-state index is 0.362. The Morgan fingerprint density at radius 2 is 2.19 bits per heavy atom. The predicted octanol–water partition coefficient (Wildman–Crippen LogP) is 0.899. The third kappa shape index (κ3) is 1.14. The van der Waals surface area contributed by atoms with Gasteiger partial charge in [-0.15, -0.1) is 0 Å². The Kier molecular flexibility index (Phi) is 1.67. The number of oxazole rings is 1. The summed E-state index contributed by atoms with van der Waals surface area (Å²) in [7, 11) is 0. The highest BCUT2D eigenvalue weighted by Gasteiger charge is 2.13. The van der Waals surface area contributed by atoms with Gasteiger partial charge in [0.2, 0.25) is 0 Å². The quantitative estimate of drug-likeness (QED) is 0.625. The molecule has 0 spiro atoms. The number of nitrogens with two attached hydrogens (primary N) is 1. The maximum atomic E-state index is 5.69. The van der Waals surface area contributed by atoms with Crippen LogP contribution in [0.1, 0.15) is 5.69 Å². The number of nitrogens with zero attached hydrogens (tertiary/aromatic N) is 4. The molecule has 0 bridgehead atoms. The molecule has 0 amide bonds. The summed E-state index contributed by atoms with van der Waals surface area (Å²) in [5.74, 6) is 1.50. The number of hydrogen-bond donors (Lipinski definition) is 2. The molecule has 80 valence electrons. The van der Waals surface area contributed by atoms with Crippen LogP contribution in [0.4, 0.5) is 5.82 Å². The molecular formula is C9H8N6O. The first-order chi connectivity index (χ1) is 7.75. The van der Waals surface area contributed by atoms with Crippen molar-refractivity contribution in [2.45, 2.75) is 6.92 Å². The molecule has 7 nitrogen and oxygen atoms in total. The SMILES string of the molecule is Cc1ncoc1-c1nc2ncnc(N)c2[nH]1. The number of aromatic nitrogens is 5. The van der Waals surface area contributed by atoms with Gasteiger partial charge in [0.05, 0.1) is 5.69 Å². The Labute approximate surface area is 89.8 Å². The third-order valence-corrected chi connectivity index (χ3v) is 2.28. The molecule has 0 saturated heterocycles. The van der Waals surface area contributed by atoms with Crippen LogP contribution < -0.4 is 5.73 Å². The van der Waals surface area contributed by atoms with Crippen molar-refractivity contribution in [1.29, 1.82) is 0 Å². The number of rotatable bonds is 1. The molecule has 0 saturated carbocycles. The van der Waals surface area contributed by atoms with Gasteiger partial charge in [0, 0.05) is 0 Å². The van der Waals surface area contributed by atoms with E-state index < -0.39 is 0 Å². The zero-order valence-corrected chi connectivity index (χ0v) is 8.43. The molecule has 0 unspecified atom stereocenters. The van der Waals surface area contributed by atoms with Gasteiger partial charge in [-0.3, -0.25) is 0 Å². The van der Waals surface area contributed by atoms with E-state index in [1.807, 2.05) is 6.92 Å². The van der Waals surface area contributed by atoms with Crippen LogP contribution >= 0.6 is 0 Å². The third-order valence-electron chi connectivity index (χ3n) is 2.28. The van der Waals surface area contributed by atoms with E-state index in [1.54, 1.807) is 0 Å². The molecule has 16 heavy (non-hydrogen) atoms. The fourth-order valence-corrected chi connectivity index (χ4v) is 1.48. The maximum absolute atomic E-state index is 5.69. The standard InChI is InChI=1S/C9H8N6O/c1-4-6(16-3-13-4)9-14-5-7(10)11-2-12-8(5)15-9/h2-3H,1H3,(H3,10,11,12,14,15). The van der Waals surface area contributed by atoms with Gasteiger partial charge >= 0.3 is 0 Å². The lowest BCUT2D eigenvalue weighted by Gasteiger charge is -1.90. The molecular weight excluding hydrogens is 208 g/mol. The molecule has 3 rings (SSSR count). The molecule has 0 aliphatic rings. The molecule has 0 atom stereocenters. The van der Waals surface area contributed by atoms with E-state index in [1.165, 1.54) is 12.7 Å². The van der Waals surface area contributed by atoms with Crippen molar-refractivity contribution in [3.8, 4) is 11.6 Å². The monoisotopic (exact) mass is 216 g/mol. The Bertz CT molecular complexity index is 655. The molecule has 3 aromatic heterocycles. The Balaban J connectivity index is 2.27. The lowest BCUT2D eigenvalue weighted by molar-refractivity contribution is 0.567. The summed E-state index contributed by atoms with van der Waals surface area (Å²) >= 11 is 0. The number of H-pyrrole nitrogens is 1. The largest absolute Gasteiger partial charge is 0.440 e. The molecule has 7 heteroatoms. The highest BCUT2D eigenvalue weighted by Crippen LogP contribution is 2.23. The second kappa shape index (κ2) is 3.02. The van der Waals surface area contributed by atoms with E-state index >= 15 is 0 Å². The van der Waals surface area contributed by atoms with Crippen molar-refractivity contribution in [1.82, 2.24) is 24.9 Å². The van der Waals surface area contributed by atoms with Gasteiger partial charge in [0.25, 0.3) is 0 Å². The van der Waals surface area contributed by atoms with Gasteiger partial charge < -0.3 is 15.1 Å². The van der Waals surface area contributed by atoms with Crippen LogP contribution in [0.3, 0.4) is 0 Å². The summed E-state index contributed by atoms with van der Waals surface area (Å²) in [4.78, 5) is 19.1. The maximum Gasteiger partial charge on any atom is 0.192 e. The van der Waals surface area contributed by atoms with Gasteiger partial charge in [-0.1, -0.05) is 0 Å². The van der Waals surface area contributed by atoms with Crippen LogP contribution in [0, 0.1) is 6.92 Å². The highest BCUT2D eigenvalue weighted by molar-refractivity contribution is 5.83. The Morgan fingerprint density at radius 1 is 1.31 bits per heavy atom. The lowest BCUT2D eigenvalue weighted by Crippen LogP contribution is -1.91. The molecule has 3 N–H and O–H groups in total.